The number of hydrogen-bond acceptors (Lipinski definition) is 2. The first-order valence-electron chi connectivity index (χ1n) is 8.42. The van der Waals surface area contributed by atoms with Gasteiger partial charge in [0.25, 0.3) is 0 Å². The lowest BCUT2D eigenvalue weighted by Crippen LogP contribution is -2.38. The van der Waals surface area contributed by atoms with Gasteiger partial charge in [-0.15, -0.1) is 24.0 Å². The molecule has 6 heteroatoms. The Hall–Kier alpha value is -1.57. The van der Waals surface area contributed by atoms with Gasteiger partial charge in [0.15, 0.2) is 5.96 Å². The third-order valence-corrected chi connectivity index (χ3v) is 4.50. The number of aromatic nitrogens is 2. The van der Waals surface area contributed by atoms with E-state index in [1.54, 1.807) is 7.05 Å². The molecule has 0 spiro atoms. The Morgan fingerprint density at radius 3 is 2.52 bits per heavy atom. The quantitative estimate of drug-likeness (QED) is 0.413. The number of halogens is 1. The molecule has 0 saturated heterocycles. The standard InChI is InChI=1S/C19H29N5.HI/c1-13-8-7-9-17(10-13)14(2)11-21-19(20-5)22-12-18-15(3)23-24(6)16(18)4;/h7-10,14H,11-12H2,1-6H3,(H2,20,21,22);1H. The molecule has 25 heavy (non-hydrogen) atoms. The SMILES string of the molecule is CN=C(NCc1c(C)nn(C)c1C)NCC(C)c1cccc(C)c1.I. The normalized spacial score (nSPS) is 12.5. The lowest BCUT2D eigenvalue weighted by atomic mass is 9.99. The van der Waals surface area contributed by atoms with Crippen LogP contribution < -0.4 is 10.6 Å². The van der Waals surface area contributed by atoms with Gasteiger partial charge in [0.1, 0.15) is 0 Å². The molecule has 0 aliphatic rings. The third-order valence-electron chi connectivity index (χ3n) is 4.50. The molecule has 0 radical (unpaired) electrons. The van der Waals surface area contributed by atoms with Crippen molar-refractivity contribution in [2.24, 2.45) is 12.0 Å². The zero-order valence-corrected chi connectivity index (χ0v) is 18.4. The van der Waals surface area contributed by atoms with Crippen LogP contribution in [0, 0.1) is 20.8 Å². The highest BCUT2D eigenvalue weighted by molar-refractivity contribution is 14.0. The molecule has 0 saturated carbocycles. The summed E-state index contributed by atoms with van der Waals surface area (Å²) in [6.07, 6.45) is 0. The summed E-state index contributed by atoms with van der Waals surface area (Å²) in [5.74, 6) is 1.24. The zero-order chi connectivity index (χ0) is 17.7. The first-order valence-corrected chi connectivity index (χ1v) is 8.42. The molecular weight excluding hydrogens is 425 g/mol. The van der Waals surface area contributed by atoms with E-state index in [4.69, 9.17) is 0 Å². The van der Waals surface area contributed by atoms with Crippen LogP contribution in [0.15, 0.2) is 29.3 Å². The number of aryl methyl sites for hydroxylation is 3. The molecule has 1 aromatic carbocycles. The minimum absolute atomic E-state index is 0. The highest BCUT2D eigenvalue weighted by Crippen LogP contribution is 2.15. The summed E-state index contributed by atoms with van der Waals surface area (Å²) in [7, 11) is 3.78. The van der Waals surface area contributed by atoms with E-state index < -0.39 is 0 Å². The molecule has 2 aromatic rings. The Kier molecular flexibility index (Phi) is 8.41. The molecule has 138 valence electrons. The maximum absolute atomic E-state index is 4.45. The van der Waals surface area contributed by atoms with Crippen LogP contribution in [0.2, 0.25) is 0 Å². The average Bonchev–Trinajstić information content (AvgIpc) is 2.80. The van der Waals surface area contributed by atoms with E-state index in [1.165, 1.54) is 22.4 Å². The molecule has 2 rings (SSSR count). The third kappa shape index (κ3) is 5.73. The van der Waals surface area contributed by atoms with Gasteiger partial charge in [-0.1, -0.05) is 36.8 Å². The van der Waals surface area contributed by atoms with Gasteiger partial charge in [-0.05, 0) is 32.3 Å². The summed E-state index contributed by atoms with van der Waals surface area (Å²) < 4.78 is 1.92. The maximum Gasteiger partial charge on any atom is 0.191 e. The summed E-state index contributed by atoms with van der Waals surface area (Å²) in [5.41, 5.74) is 6.11. The van der Waals surface area contributed by atoms with Crippen molar-refractivity contribution in [1.29, 1.82) is 0 Å². The Bertz CT molecular complexity index is 721. The van der Waals surface area contributed by atoms with E-state index in [1.807, 2.05) is 18.7 Å². The van der Waals surface area contributed by atoms with Crippen molar-refractivity contribution in [3.8, 4) is 0 Å². The fourth-order valence-corrected chi connectivity index (χ4v) is 2.81. The van der Waals surface area contributed by atoms with Crippen molar-refractivity contribution in [1.82, 2.24) is 20.4 Å². The topological polar surface area (TPSA) is 54.2 Å². The van der Waals surface area contributed by atoms with E-state index in [0.29, 0.717) is 5.92 Å². The zero-order valence-electron chi connectivity index (χ0n) is 16.1. The predicted octanol–water partition coefficient (Wildman–Crippen LogP) is 3.43. The second kappa shape index (κ2) is 9.79. The minimum atomic E-state index is 0. The first-order chi connectivity index (χ1) is 11.4. The average molecular weight is 455 g/mol. The van der Waals surface area contributed by atoms with Crippen LogP contribution in [-0.4, -0.2) is 29.3 Å². The Morgan fingerprint density at radius 2 is 1.96 bits per heavy atom. The van der Waals surface area contributed by atoms with Gasteiger partial charge in [-0.3, -0.25) is 9.67 Å². The summed E-state index contributed by atoms with van der Waals surface area (Å²) in [4.78, 5) is 4.32. The predicted molar refractivity (Wildman–Crippen MR) is 116 cm³/mol. The van der Waals surface area contributed by atoms with Crippen molar-refractivity contribution in [2.75, 3.05) is 13.6 Å². The van der Waals surface area contributed by atoms with Crippen molar-refractivity contribution >= 4 is 29.9 Å². The molecule has 1 aromatic heterocycles. The van der Waals surface area contributed by atoms with Gasteiger partial charge < -0.3 is 10.6 Å². The molecule has 5 nitrogen and oxygen atoms in total. The van der Waals surface area contributed by atoms with E-state index in [2.05, 4.69) is 65.8 Å². The van der Waals surface area contributed by atoms with Crippen LogP contribution in [0.4, 0.5) is 0 Å². The molecule has 1 heterocycles. The largest absolute Gasteiger partial charge is 0.356 e. The van der Waals surface area contributed by atoms with Crippen molar-refractivity contribution in [3.63, 3.8) is 0 Å². The van der Waals surface area contributed by atoms with Gasteiger partial charge in [0.2, 0.25) is 0 Å². The number of guanidine groups is 1. The molecule has 2 N–H and O–H groups in total. The number of benzene rings is 1. The molecule has 1 atom stereocenters. The summed E-state index contributed by atoms with van der Waals surface area (Å²) in [6.45, 7) is 10.1. The monoisotopic (exact) mass is 455 g/mol. The lowest BCUT2D eigenvalue weighted by Gasteiger charge is -2.17. The Morgan fingerprint density at radius 1 is 1.24 bits per heavy atom. The highest BCUT2D eigenvalue weighted by atomic mass is 127. The van der Waals surface area contributed by atoms with Gasteiger partial charge >= 0.3 is 0 Å². The molecule has 0 aliphatic heterocycles. The number of nitrogens with zero attached hydrogens (tertiary/aromatic N) is 3. The highest BCUT2D eigenvalue weighted by Gasteiger charge is 2.11. The molecule has 0 bridgehead atoms. The van der Waals surface area contributed by atoms with Crippen LogP contribution >= 0.6 is 24.0 Å². The molecule has 1 unspecified atom stereocenters. The van der Waals surface area contributed by atoms with Gasteiger partial charge in [-0.2, -0.15) is 5.10 Å². The molecule has 0 amide bonds. The summed E-state index contributed by atoms with van der Waals surface area (Å²) in [6, 6.07) is 8.66. The van der Waals surface area contributed by atoms with Crippen molar-refractivity contribution in [2.45, 2.75) is 40.2 Å². The molecular formula is C19H30IN5. The number of aliphatic imine (C=N–C) groups is 1. The van der Waals surface area contributed by atoms with E-state index >= 15 is 0 Å². The van der Waals surface area contributed by atoms with Crippen LogP contribution in [0.25, 0.3) is 0 Å². The minimum Gasteiger partial charge on any atom is -0.356 e. The van der Waals surface area contributed by atoms with Gasteiger partial charge in [-0.25, -0.2) is 0 Å². The number of rotatable bonds is 5. The van der Waals surface area contributed by atoms with Crippen LogP contribution in [-0.2, 0) is 13.6 Å². The second-order valence-electron chi connectivity index (χ2n) is 6.39. The van der Waals surface area contributed by atoms with Crippen molar-refractivity contribution in [3.05, 3.63) is 52.3 Å². The van der Waals surface area contributed by atoms with E-state index in [9.17, 15) is 0 Å². The van der Waals surface area contributed by atoms with Crippen LogP contribution in [0.5, 0.6) is 0 Å². The fourth-order valence-electron chi connectivity index (χ4n) is 2.81. The maximum atomic E-state index is 4.45. The van der Waals surface area contributed by atoms with E-state index in [0.717, 1.165) is 24.7 Å². The smallest absolute Gasteiger partial charge is 0.191 e. The molecule has 0 aliphatic carbocycles. The number of nitrogens with one attached hydrogen (secondary N) is 2. The van der Waals surface area contributed by atoms with Crippen molar-refractivity contribution < 1.29 is 0 Å². The number of hydrogen-bond donors (Lipinski definition) is 2. The second-order valence-corrected chi connectivity index (χ2v) is 6.39. The first kappa shape index (κ1) is 21.5. The molecule has 0 fully saturated rings. The van der Waals surface area contributed by atoms with E-state index in [-0.39, 0.29) is 24.0 Å². The Balaban J connectivity index is 0.00000312. The lowest BCUT2D eigenvalue weighted by molar-refractivity contribution is 0.697. The van der Waals surface area contributed by atoms with Crippen LogP contribution in [0.3, 0.4) is 0 Å². The summed E-state index contributed by atoms with van der Waals surface area (Å²) >= 11 is 0. The van der Waals surface area contributed by atoms with Gasteiger partial charge in [0, 0.05) is 38.4 Å². The van der Waals surface area contributed by atoms with Crippen LogP contribution in [0.1, 0.15) is 40.9 Å². The summed E-state index contributed by atoms with van der Waals surface area (Å²) in [5, 5.41) is 11.3. The van der Waals surface area contributed by atoms with Gasteiger partial charge in [0.05, 0.1) is 5.69 Å². The Labute approximate surface area is 168 Å². The fraction of sp³-hybridized carbons (Fsp3) is 0.474.